The molecular weight excluding hydrogens is 190 g/mol. The minimum atomic E-state index is -0.299. The number of nitrogens with two attached hydrogens (primary N) is 1. The third-order valence-electron chi connectivity index (χ3n) is 2.76. The van der Waals surface area contributed by atoms with Crippen molar-refractivity contribution in [2.45, 2.75) is 39.4 Å². The highest BCUT2D eigenvalue weighted by molar-refractivity contribution is 6.01. The fourth-order valence-electron chi connectivity index (χ4n) is 2.12. The van der Waals surface area contributed by atoms with Crippen LogP contribution in [0.4, 0.5) is 0 Å². The molecule has 0 aliphatic carbocycles. The van der Waals surface area contributed by atoms with Crippen molar-refractivity contribution in [2.75, 3.05) is 0 Å². The van der Waals surface area contributed by atoms with Crippen molar-refractivity contribution in [1.82, 2.24) is 10.2 Å². The number of guanidine groups is 1. The molecule has 2 aliphatic heterocycles. The smallest absolute Gasteiger partial charge is 0.206 e. The van der Waals surface area contributed by atoms with E-state index in [0.717, 1.165) is 17.5 Å². The van der Waals surface area contributed by atoms with E-state index >= 15 is 0 Å². The summed E-state index contributed by atoms with van der Waals surface area (Å²) in [4.78, 5) is 10.9. The summed E-state index contributed by atoms with van der Waals surface area (Å²) in [5, 5.41) is 3.15. The monoisotopic (exact) mass is 207 g/mol. The molecule has 0 aromatic heterocycles. The Morgan fingerprint density at radius 2 is 2.20 bits per heavy atom. The van der Waals surface area contributed by atoms with Gasteiger partial charge in [0.25, 0.3) is 0 Å². The first kappa shape index (κ1) is 10.0. The Kier molecular flexibility index (Phi) is 1.99. The third kappa shape index (κ3) is 1.48. The summed E-state index contributed by atoms with van der Waals surface area (Å²) in [5.74, 6) is 1.71. The second-order valence-electron chi connectivity index (χ2n) is 4.44. The Morgan fingerprint density at radius 1 is 1.53 bits per heavy atom. The van der Waals surface area contributed by atoms with Gasteiger partial charge in [0.1, 0.15) is 11.5 Å². The molecule has 5 heteroatoms. The fourth-order valence-corrected chi connectivity index (χ4v) is 2.12. The highest BCUT2D eigenvalue weighted by Crippen LogP contribution is 2.26. The first-order valence-corrected chi connectivity index (χ1v) is 5.08. The Bertz CT molecular complexity index is 377. The molecule has 0 fully saturated rings. The molecule has 0 radical (unpaired) electrons. The van der Waals surface area contributed by atoms with E-state index in [1.165, 1.54) is 0 Å². The molecule has 0 amide bonds. The van der Waals surface area contributed by atoms with E-state index in [-0.39, 0.29) is 11.7 Å². The van der Waals surface area contributed by atoms with E-state index < -0.39 is 0 Å². The number of hydrogen-bond donors (Lipinski definition) is 2. The van der Waals surface area contributed by atoms with Crippen molar-refractivity contribution in [3.63, 3.8) is 0 Å². The van der Waals surface area contributed by atoms with E-state index in [1.54, 1.807) is 6.20 Å². The van der Waals surface area contributed by atoms with Gasteiger partial charge in [-0.15, -0.1) is 0 Å². The molecule has 0 spiro atoms. The molecule has 2 rings (SSSR count). The molecule has 0 saturated carbocycles. The zero-order valence-corrected chi connectivity index (χ0v) is 9.57. The van der Waals surface area contributed by atoms with Gasteiger partial charge in [-0.05, 0) is 27.7 Å². The normalized spacial score (nSPS) is 28.4. The van der Waals surface area contributed by atoms with E-state index in [9.17, 15) is 0 Å². The van der Waals surface area contributed by atoms with Crippen molar-refractivity contribution in [3.05, 3.63) is 11.9 Å². The van der Waals surface area contributed by atoms with Crippen LogP contribution in [0.1, 0.15) is 27.7 Å². The van der Waals surface area contributed by atoms with Crippen molar-refractivity contribution < 1.29 is 0 Å². The summed E-state index contributed by atoms with van der Waals surface area (Å²) in [6.45, 7) is 8.11. The number of amidine groups is 1. The molecule has 1 unspecified atom stereocenters. The van der Waals surface area contributed by atoms with E-state index in [0.29, 0.717) is 0 Å². The van der Waals surface area contributed by atoms with Gasteiger partial charge >= 0.3 is 0 Å². The van der Waals surface area contributed by atoms with E-state index in [1.807, 2.05) is 6.92 Å². The number of hydrogen-bond acceptors (Lipinski definition) is 5. The molecule has 2 aliphatic rings. The van der Waals surface area contributed by atoms with Crippen LogP contribution in [0.25, 0.3) is 0 Å². The molecule has 2 heterocycles. The van der Waals surface area contributed by atoms with Gasteiger partial charge in [-0.1, -0.05) is 0 Å². The SMILES string of the molecule is CC1=NC(C)(C)N2C(=NC=C(N)C2C)N1. The maximum Gasteiger partial charge on any atom is 0.206 e. The summed E-state index contributed by atoms with van der Waals surface area (Å²) in [6.07, 6.45) is 1.71. The van der Waals surface area contributed by atoms with Gasteiger partial charge in [-0.2, -0.15) is 0 Å². The maximum atomic E-state index is 5.88. The van der Waals surface area contributed by atoms with E-state index in [2.05, 4.69) is 41.0 Å². The molecular formula is C10H17N5. The molecule has 0 aromatic rings. The third-order valence-corrected chi connectivity index (χ3v) is 2.76. The lowest BCUT2D eigenvalue weighted by molar-refractivity contribution is 0.178. The van der Waals surface area contributed by atoms with Gasteiger partial charge in [-0.25, -0.2) is 9.98 Å². The standard InChI is InChI=1S/C10H17N5/c1-6-8(11)5-12-9-13-7(2)14-10(3,4)15(6)9/h5-6H,11H2,1-4H3,(H,12,13,14). The Hall–Kier alpha value is -1.52. The Morgan fingerprint density at radius 3 is 2.87 bits per heavy atom. The second-order valence-corrected chi connectivity index (χ2v) is 4.44. The predicted octanol–water partition coefficient (Wildman–Crippen LogP) is 0.604. The zero-order valence-electron chi connectivity index (χ0n) is 9.57. The van der Waals surface area contributed by atoms with Crippen LogP contribution in [-0.4, -0.2) is 28.4 Å². The lowest BCUT2D eigenvalue weighted by atomic mass is 10.1. The highest BCUT2D eigenvalue weighted by Gasteiger charge is 2.38. The molecule has 0 bridgehead atoms. The average molecular weight is 207 g/mol. The summed E-state index contributed by atoms with van der Waals surface area (Å²) in [7, 11) is 0. The molecule has 15 heavy (non-hydrogen) atoms. The number of rotatable bonds is 0. The molecule has 5 nitrogen and oxygen atoms in total. The summed E-state index contributed by atoms with van der Waals surface area (Å²) in [6, 6.07) is 0.122. The van der Waals surface area contributed by atoms with E-state index in [4.69, 9.17) is 5.73 Å². The summed E-state index contributed by atoms with van der Waals surface area (Å²) in [5.41, 5.74) is 6.34. The van der Waals surface area contributed by atoms with Crippen LogP contribution in [0, 0.1) is 0 Å². The minimum Gasteiger partial charge on any atom is -0.399 e. The van der Waals surface area contributed by atoms with Gasteiger partial charge in [0, 0.05) is 5.70 Å². The first-order chi connectivity index (χ1) is 6.92. The first-order valence-electron chi connectivity index (χ1n) is 5.08. The van der Waals surface area contributed by atoms with Gasteiger partial charge in [-0.3, -0.25) is 0 Å². The number of aliphatic imine (C=N–C) groups is 2. The quantitative estimate of drug-likeness (QED) is 0.611. The molecule has 82 valence electrons. The van der Waals surface area contributed by atoms with Crippen molar-refractivity contribution >= 4 is 11.8 Å². The van der Waals surface area contributed by atoms with Crippen LogP contribution in [0.2, 0.25) is 0 Å². The van der Waals surface area contributed by atoms with Crippen molar-refractivity contribution in [2.24, 2.45) is 15.7 Å². The lowest BCUT2D eigenvalue weighted by Gasteiger charge is -2.46. The minimum absolute atomic E-state index is 0.122. The van der Waals surface area contributed by atoms with Gasteiger partial charge in [0.15, 0.2) is 0 Å². The van der Waals surface area contributed by atoms with Gasteiger partial charge in [0.05, 0.1) is 12.2 Å². The Balaban J connectivity index is 2.46. The van der Waals surface area contributed by atoms with Gasteiger partial charge < -0.3 is 16.0 Å². The Labute approximate surface area is 89.8 Å². The average Bonchev–Trinajstić information content (AvgIpc) is 2.08. The predicted molar refractivity (Wildman–Crippen MR) is 61.3 cm³/mol. The van der Waals surface area contributed by atoms with Crippen molar-refractivity contribution in [3.8, 4) is 0 Å². The van der Waals surface area contributed by atoms with Crippen LogP contribution in [0.15, 0.2) is 21.9 Å². The molecule has 0 aromatic carbocycles. The highest BCUT2D eigenvalue weighted by atomic mass is 15.5. The topological polar surface area (TPSA) is 66.0 Å². The summed E-state index contributed by atoms with van der Waals surface area (Å²) < 4.78 is 0. The van der Waals surface area contributed by atoms with Crippen LogP contribution in [-0.2, 0) is 0 Å². The van der Waals surface area contributed by atoms with Crippen LogP contribution in [0.5, 0.6) is 0 Å². The van der Waals surface area contributed by atoms with Crippen LogP contribution >= 0.6 is 0 Å². The second kappa shape index (κ2) is 2.98. The van der Waals surface area contributed by atoms with Gasteiger partial charge in [0.2, 0.25) is 5.96 Å². The summed E-state index contributed by atoms with van der Waals surface area (Å²) >= 11 is 0. The molecule has 3 N–H and O–H groups in total. The maximum absolute atomic E-state index is 5.88. The van der Waals surface area contributed by atoms with Crippen molar-refractivity contribution in [1.29, 1.82) is 0 Å². The number of nitrogens with zero attached hydrogens (tertiary/aromatic N) is 3. The lowest BCUT2D eigenvalue weighted by Crippen LogP contribution is -2.62. The zero-order chi connectivity index (χ0) is 11.2. The van der Waals surface area contributed by atoms with Crippen LogP contribution < -0.4 is 11.1 Å². The largest absolute Gasteiger partial charge is 0.399 e. The fraction of sp³-hybridized carbons (Fsp3) is 0.600. The molecule has 1 atom stereocenters. The number of nitrogens with one attached hydrogen (secondary N) is 1. The number of fused-ring (bicyclic) bond motifs is 1. The molecule has 0 saturated heterocycles. The van der Waals surface area contributed by atoms with Crippen LogP contribution in [0.3, 0.4) is 0 Å².